The summed E-state index contributed by atoms with van der Waals surface area (Å²) in [4.78, 5) is 11.2. The SMILES string of the molecule is C=CCO[C@H]1O[C@H]2COC(C)(C)O[C@H]2[C@H](O)[C@H]1NC(=O)C(F)(F)F. The summed E-state index contributed by atoms with van der Waals surface area (Å²) in [6.07, 6.45) is -8.25. The summed E-state index contributed by atoms with van der Waals surface area (Å²) in [5.41, 5.74) is 0. The summed E-state index contributed by atoms with van der Waals surface area (Å²) in [5, 5.41) is 12.1. The van der Waals surface area contributed by atoms with E-state index in [0.717, 1.165) is 0 Å². The second-order valence-electron chi connectivity index (χ2n) is 5.95. The fourth-order valence-corrected chi connectivity index (χ4v) is 2.54. The quantitative estimate of drug-likeness (QED) is 0.713. The number of halogens is 3. The van der Waals surface area contributed by atoms with Gasteiger partial charge >= 0.3 is 12.1 Å². The van der Waals surface area contributed by atoms with Gasteiger partial charge in [0.15, 0.2) is 12.1 Å². The molecule has 0 unspecified atom stereocenters. The molecule has 2 saturated heterocycles. The molecule has 138 valence electrons. The molecule has 0 aliphatic carbocycles. The first-order chi connectivity index (χ1) is 11.0. The van der Waals surface area contributed by atoms with Crippen molar-refractivity contribution >= 4 is 5.91 Å². The van der Waals surface area contributed by atoms with Crippen molar-refractivity contribution < 1.29 is 42.0 Å². The first kappa shape index (κ1) is 19.1. The number of amides is 1. The zero-order valence-corrected chi connectivity index (χ0v) is 13.2. The maximum absolute atomic E-state index is 12.5. The Morgan fingerprint density at radius 3 is 2.75 bits per heavy atom. The predicted molar refractivity (Wildman–Crippen MR) is 73.7 cm³/mol. The van der Waals surface area contributed by atoms with E-state index in [1.165, 1.54) is 6.08 Å². The third kappa shape index (κ3) is 4.25. The third-order valence-electron chi connectivity index (χ3n) is 3.62. The van der Waals surface area contributed by atoms with Crippen molar-refractivity contribution in [2.75, 3.05) is 13.2 Å². The number of nitrogens with one attached hydrogen (secondary N) is 1. The molecule has 0 aromatic carbocycles. The molecule has 5 atom stereocenters. The van der Waals surface area contributed by atoms with E-state index >= 15 is 0 Å². The molecule has 0 saturated carbocycles. The van der Waals surface area contributed by atoms with Gasteiger partial charge in [-0.15, -0.1) is 6.58 Å². The maximum Gasteiger partial charge on any atom is 0.471 e. The molecule has 1 amide bonds. The molecule has 2 aliphatic rings. The number of fused-ring (bicyclic) bond motifs is 1. The molecule has 0 bridgehead atoms. The van der Waals surface area contributed by atoms with E-state index in [2.05, 4.69) is 6.58 Å². The molecule has 2 heterocycles. The summed E-state index contributed by atoms with van der Waals surface area (Å²) < 4.78 is 59.3. The molecule has 0 radical (unpaired) electrons. The van der Waals surface area contributed by atoms with Gasteiger partial charge in [-0.3, -0.25) is 4.79 Å². The fraction of sp³-hybridized carbons (Fsp3) is 0.786. The Bertz CT molecular complexity index is 484. The highest BCUT2D eigenvalue weighted by Crippen LogP contribution is 2.33. The summed E-state index contributed by atoms with van der Waals surface area (Å²) >= 11 is 0. The highest BCUT2D eigenvalue weighted by atomic mass is 19.4. The summed E-state index contributed by atoms with van der Waals surface area (Å²) in [5.74, 6) is -3.24. The van der Waals surface area contributed by atoms with Crippen LogP contribution in [0.25, 0.3) is 0 Å². The lowest BCUT2D eigenvalue weighted by molar-refractivity contribution is -0.368. The lowest BCUT2D eigenvalue weighted by atomic mass is 9.95. The van der Waals surface area contributed by atoms with Crippen LogP contribution in [-0.4, -0.2) is 66.8 Å². The highest BCUT2D eigenvalue weighted by Gasteiger charge is 2.53. The zero-order chi connectivity index (χ0) is 18.1. The number of alkyl halides is 3. The van der Waals surface area contributed by atoms with Crippen LogP contribution in [0.3, 0.4) is 0 Å². The van der Waals surface area contributed by atoms with Crippen LogP contribution in [0.5, 0.6) is 0 Å². The number of hydrogen-bond donors (Lipinski definition) is 2. The maximum atomic E-state index is 12.5. The summed E-state index contributed by atoms with van der Waals surface area (Å²) in [6, 6.07) is -1.46. The van der Waals surface area contributed by atoms with Gasteiger partial charge in [0.25, 0.3) is 0 Å². The Balaban J connectivity index is 2.18. The van der Waals surface area contributed by atoms with Crippen LogP contribution in [-0.2, 0) is 23.7 Å². The molecule has 0 spiro atoms. The average Bonchev–Trinajstić information content (AvgIpc) is 2.47. The normalized spacial score (nSPS) is 35.8. The van der Waals surface area contributed by atoms with Gasteiger partial charge in [-0.25, -0.2) is 0 Å². The molecule has 2 aliphatic heterocycles. The Morgan fingerprint density at radius 1 is 1.50 bits per heavy atom. The number of carbonyl (C=O) groups is 1. The zero-order valence-electron chi connectivity index (χ0n) is 13.2. The number of ether oxygens (including phenoxy) is 4. The van der Waals surface area contributed by atoms with Gasteiger partial charge < -0.3 is 29.4 Å². The van der Waals surface area contributed by atoms with Crippen molar-refractivity contribution in [2.24, 2.45) is 0 Å². The van der Waals surface area contributed by atoms with Crippen LogP contribution in [0, 0.1) is 0 Å². The molecule has 7 nitrogen and oxygen atoms in total. The smallest absolute Gasteiger partial charge is 0.388 e. The third-order valence-corrected chi connectivity index (χ3v) is 3.62. The summed E-state index contributed by atoms with van der Waals surface area (Å²) in [6.45, 7) is 6.64. The molecule has 0 aromatic rings. The second-order valence-corrected chi connectivity index (χ2v) is 5.95. The van der Waals surface area contributed by atoms with Crippen LogP contribution >= 0.6 is 0 Å². The molecule has 10 heteroatoms. The van der Waals surface area contributed by atoms with Gasteiger partial charge in [0.1, 0.15) is 24.4 Å². The van der Waals surface area contributed by atoms with Gasteiger partial charge in [0.05, 0.1) is 13.2 Å². The van der Waals surface area contributed by atoms with Crippen molar-refractivity contribution in [3.8, 4) is 0 Å². The standard InChI is InChI=1S/C14H20F3NO6/c1-4-5-21-11-8(18-12(20)14(15,16)17)9(19)10-7(23-11)6-22-13(2,3)24-10/h4,7-11,19H,1,5-6H2,2-3H3,(H,18,20)/t7-,8+,9+,10+,11-/m0/s1. The fourth-order valence-electron chi connectivity index (χ4n) is 2.54. The lowest BCUT2D eigenvalue weighted by Gasteiger charge is -2.49. The molecule has 2 N–H and O–H groups in total. The Kier molecular flexibility index (Phi) is 5.55. The second kappa shape index (κ2) is 6.96. The molecule has 2 fully saturated rings. The number of carbonyl (C=O) groups excluding carboxylic acids is 1. The van der Waals surface area contributed by atoms with Crippen LogP contribution < -0.4 is 5.32 Å². The summed E-state index contributed by atoms with van der Waals surface area (Å²) in [7, 11) is 0. The monoisotopic (exact) mass is 355 g/mol. The van der Waals surface area contributed by atoms with Crippen LogP contribution in [0.15, 0.2) is 12.7 Å². The largest absolute Gasteiger partial charge is 0.471 e. The molecule has 24 heavy (non-hydrogen) atoms. The predicted octanol–water partition coefficient (Wildman–Crippen LogP) is 0.473. The van der Waals surface area contributed by atoms with E-state index in [1.807, 2.05) is 0 Å². The van der Waals surface area contributed by atoms with E-state index in [1.54, 1.807) is 19.2 Å². The molecular weight excluding hydrogens is 335 g/mol. The number of aliphatic hydroxyl groups is 1. The van der Waals surface area contributed by atoms with E-state index in [-0.39, 0.29) is 13.2 Å². The van der Waals surface area contributed by atoms with Crippen molar-refractivity contribution in [3.63, 3.8) is 0 Å². The molecule has 0 aromatic heterocycles. The average molecular weight is 355 g/mol. The Morgan fingerprint density at radius 2 is 2.17 bits per heavy atom. The van der Waals surface area contributed by atoms with Gasteiger partial charge in [-0.1, -0.05) is 6.08 Å². The Labute approximate surface area is 136 Å². The van der Waals surface area contributed by atoms with Crippen molar-refractivity contribution in [2.45, 2.75) is 56.5 Å². The van der Waals surface area contributed by atoms with Gasteiger partial charge in [0, 0.05) is 0 Å². The van der Waals surface area contributed by atoms with Gasteiger partial charge in [-0.05, 0) is 13.8 Å². The lowest BCUT2D eigenvalue weighted by Crippen LogP contribution is -2.69. The van der Waals surface area contributed by atoms with Crippen LogP contribution in [0.4, 0.5) is 13.2 Å². The number of aliphatic hydroxyl groups excluding tert-OH is 1. The topological polar surface area (TPSA) is 86.2 Å². The first-order valence-corrected chi connectivity index (χ1v) is 7.30. The molecule has 2 rings (SSSR count). The van der Waals surface area contributed by atoms with E-state index < -0.39 is 48.5 Å². The number of rotatable bonds is 4. The van der Waals surface area contributed by atoms with Gasteiger partial charge in [-0.2, -0.15) is 13.2 Å². The minimum Gasteiger partial charge on any atom is -0.388 e. The van der Waals surface area contributed by atoms with Crippen LogP contribution in [0.2, 0.25) is 0 Å². The Hall–Kier alpha value is -1.20. The van der Waals surface area contributed by atoms with Crippen molar-refractivity contribution in [3.05, 3.63) is 12.7 Å². The van der Waals surface area contributed by atoms with E-state index in [0.29, 0.717) is 0 Å². The first-order valence-electron chi connectivity index (χ1n) is 7.30. The minimum atomic E-state index is -5.10. The van der Waals surface area contributed by atoms with E-state index in [4.69, 9.17) is 18.9 Å². The minimum absolute atomic E-state index is 0.0413. The number of hydrogen-bond acceptors (Lipinski definition) is 6. The van der Waals surface area contributed by atoms with Gasteiger partial charge in [0.2, 0.25) is 0 Å². The molecular formula is C14H20F3NO6. The highest BCUT2D eigenvalue weighted by molar-refractivity contribution is 5.82. The van der Waals surface area contributed by atoms with Crippen LogP contribution in [0.1, 0.15) is 13.8 Å². The van der Waals surface area contributed by atoms with E-state index in [9.17, 15) is 23.1 Å². The van der Waals surface area contributed by atoms with Crippen molar-refractivity contribution in [1.29, 1.82) is 0 Å². The van der Waals surface area contributed by atoms with Crippen molar-refractivity contribution in [1.82, 2.24) is 5.32 Å².